The number of nitrogens with zero attached hydrogens (tertiary/aromatic N) is 2. The predicted octanol–water partition coefficient (Wildman–Crippen LogP) is 5.79. The van der Waals surface area contributed by atoms with Crippen molar-refractivity contribution < 1.29 is 48.4 Å². The van der Waals surface area contributed by atoms with Crippen LogP contribution in [0.1, 0.15) is 40.2 Å². The van der Waals surface area contributed by atoms with Crippen molar-refractivity contribution in [2.24, 2.45) is 23.7 Å². The lowest BCUT2D eigenvalue weighted by atomic mass is 9.49. The summed E-state index contributed by atoms with van der Waals surface area (Å²) in [6.45, 7) is 0. The Morgan fingerprint density at radius 2 is 1.63 bits per heavy atom. The number of phenolic OH excluding ortho intramolecular Hbond substituents is 1. The summed E-state index contributed by atoms with van der Waals surface area (Å²) in [6.07, 6.45) is 1.90. The van der Waals surface area contributed by atoms with Crippen LogP contribution in [0.25, 0.3) is 0 Å². The summed E-state index contributed by atoms with van der Waals surface area (Å²) in [5, 5.41) is 31.7. The van der Waals surface area contributed by atoms with Crippen LogP contribution in [0.15, 0.2) is 96.6 Å². The van der Waals surface area contributed by atoms with Crippen molar-refractivity contribution in [2.75, 3.05) is 17.4 Å². The zero-order valence-electron chi connectivity index (χ0n) is 28.4. The summed E-state index contributed by atoms with van der Waals surface area (Å²) >= 11 is 6.34. The molecule has 2 aliphatic heterocycles. The monoisotopic (exact) mass is 751 g/mol. The van der Waals surface area contributed by atoms with Gasteiger partial charge in [-0.15, -0.1) is 0 Å². The van der Waals surface area contributed by atoms with Crippen LogP contribution in [0.5, 0.6) is 17.2 Å². The van der Waals surface area contributed by atoms with Gasteiger partial charge in [0.2, 0.25) is 11.8 Å². The van der Waals surface area contributed by atoms with Gasteiger partial charge in [-0.1, -0.05) is 41.4 Å². The quantitative estimate of drug-likeness (QED) is 0.134. The summed E-state index contributed by atoms with van der Waals surface area (Å²) in [7, 11) is 1.41. The van der Waals surface area contributed by atoms with E-state index in [2.05, 4.69) is 5.43 Å². The highest BCUT2D eigenvalue weighted by Gasteiger charge is 2.70. The first-order valence-corrected chi connectivity index (χ1v) is 17.4. The van der Waals surface area contributed by atoms with Crippen LogP contribution in [0, 0.1) is 29.5 Å². The van der Waals surface area contributed by atoms with Crippen LogP contribution < -0.4 is 15.1 Å². The van der Waals surface area contributed by atoms with Gasteiger partial charge in [-0.3, -0.25) is 24.6 Å². The Hall–Kier alpha value is -6.21. The SMILES string of the molecule is COc1cc(O)ccc1[C@H]1C2=CC[C@@H]3C(=O)N(c4ccc(C(=O)O)c(O)c4)C(=O)[C@@H]3[C@@H]2C[C@H]2C(=O)N(Nc3ccc(F)cc3)C(=O)[C@@]12c1ccc(Cl)cc1. The number of hydrazine groups is 1. The van der Waals surface area contributed by atoms with E-state index in [1.165, 1.54) is 49.6 Å². The minimum atomic E-state index is -1.67. The molecule has 2 saturated heterocycles. The Kier molecular flexibility index (Phi) is 8.22. The lowest BCUT2D eigenvalue weighted by molar-refractivity contribution is -0.138. The molecule has 8 rings (SSSR count). The third-order valence-electron chi connectivity index (χ3n) is 11.3. The van der Waals surface area contributed by atoms with Gasteiger partial charge < -0.3 is 20.1 Å². The van der Waals surface area contributed by atoms with Crippen molar-refractivity contribution in [3.63, 3.8) is 0 Å². The highest BCUT2D eigenvalue weighted by molar-refractivity contribution is 6.30. The van der Waals surface area contributed by atoms with Gasteiger partial charge in [-0.05, 0) is 78.9 Å². The minimum Gasteiger partial charge on any atom is -0.508 e. The Morgan fingerprint density at radius 1 is 0.907 bits per heavy atom. The molecule has 4 aromatic rings. The zero-order chi connectivity index (χ0) is 38.2. The molecule has 54 heavy (non-hydrogen) atoms. The number of carbonyl (C=O) groups is 5. The van der Waals surface area contributed by atoms with E-state index in [9.17, 15) is 38.9 Å². The number of aromatic hydroxyl groups is 2. The van der Waals surface area contributed by atoms with Crippen LogP contribution in [0.4, 0.5) is 15.8 Å². The van der Waals surface area contributed by atoms with Gasteiger partial charge in [0.05, 0.1) is 41.7 Å². The number of phenols is 2. The molecule has 4 amide bonds. The Labute approximate surface area is 312 Å². The molecule has 0 spiro atoms. The maximum atomic E-state index is 15.3. The van der Waals surface area contributed by atoms with E-state index in [-0.39, 0.29) is 35.7 Å². The third-order valence-corrected chi connectivity index (χ3v) is 11.5. The molecule has 2 aliphatic carbocycles. The number of hydrogen-bond donors (Lipinski definition) is 4. The number of nitrogens with one attached hydrogen (secondary N) is 1. The first-order valence-electron chi connectivity index (χ1n) is 17.0. The van der Waals surface area contributed by atoms with Crippen molar-refractivity contribution in [2.45, 2.75) is 24.2 Å². The highest BCUT2D eigenvalue weighted by Crippen LogP contribution is 2.65. The number of amides is 4. The Balaban J connectivity index is 1.32. The number of imide groups is 2. The fraction of sp³-hybridized carbons (Fsp3) is 0.225. The smallest absolute Gasteiger partial charge is 0.339 e. The Morgan fingerprint density at radius 3 is 2.30 bits per heavy atom. The normalized spacial score (nSPS) is 25.9. The van der Waals surface area contributed by atoms with Crippen molar-refractivity contribution in [3.8, 4) is 17.2 Å². The number of carboxylic acids is 1. The number of fused-ring (bicyclic) bond motifs is 4. The topological polar surface area (TPSA) is 174 Å². The fourth-order valence-electron chi connectivity index (χ4n) is 9.03. The molecule has 274 valence electrons. The van der Waals surface area contributed by atoms with Crippen molar-refractivity contribution in [3.05, 3.63) is 124 Å². The van der Waals surface area contributed by atoms with Gasteiger partial charge in [-0.25, -0.2) is 14.1 Å². The lowest BCUT2D eigenvalue weighted by Crippen LogP contribution is -2.53. The molecule has 0 radical (unpaired) electrons. The second-order valence-corrected chi connectivity index (χ2v) is 14.3. The summed E-state index contributed by atoms with van der Waals surface area (Å²) < 4.78 is 19.7. The van der Waals surface area contributed by atoms with E-state index in [1.807, 2.05) is 6.08 Å². The summed E-state index contributed by atoms with van der Waals surface area (Å²) in [6, 6.07) is 19.6. The first kappa shape index (κ1) is 34.9. The van der Waals surface area contributed by atoms with Gasteiger partial charge >= 0.3 is 5.97 Å². The number of benzene rings is 4. The van der Waals surface area contributed by atoms with Crippen molar-refractivity contribution in [1.82, 2.24) is 5.01 Å². The first-order chi connectivity index (χ1) is 25.9. The van der Waals surface area contributed by atoms with Crippen molar-refractivity contribution in [1.29, 1.82) is 0 Å². The number of anilines is 2. The second-order valence-electron chi connectivity index (χ2n) is 13.8. The number of rotatable bonds is 7. The molecule has 14 heteroatoms. The average Bonchev–Trinajstić information content (AvgIpc) is 3.53. The number of carbonyl (C=O) groups excluding carboxylic acids is 4. The van der Waals surface area contributed by atoms with Crippen LogP contribution in [0.2, 0.25) is 5.02 Å². The number of aromatic carboxylic acids is 1. The molecule has 12 nitrogen and oxygen atoms in total. The average molecular weight is 752 g/mol. The molecule has 4 aromatic carbocycles. The lowest BCUT2D eigenvalue weighted by Gasteiger charge is -2.50. The van der Waals surface area contributed by atoms with Crippen molar-refractivity contribution >= 4 is 52.6 Å². The predicted molar refractivity (Wildman–Crippen MR) is 191 cm³/mol. The largest absolute Gasteiger partial charge is 0.508 e. The summed E-state index contributed by atoms with van der Waals surface area (Å²) in [4.78, 5) is 71.1. The molecule has 2 heterocycles. The molecule has 3 fully saturated rings. The number of ether oxygens (including phenoxy) is 1. The van der Waals surface area contributed by atoms with Gasteiger partial charge in [-0.2, -0.15) is 5.01 Å². The molecule has 0 bridgehead atoms. The van der Waals surface area contributed by atoms with E-state index < -0.39 is 81.7 Å². The van der Waals surface area contributed by atoms with E-state index in [0.717, 1.165) is 22.0 Å². The van der Waals surface area contributed by atoms with E-state index in [0.29, 0.717) is 21.7 Å². The third kappa shape index (κ3) is 5.06. The van der Waals surface area contributed by atoms with E-state index >= 15 is 4.79 Å². The minimum absolute atomic E-state index is 0.00619. The fourth-order valence-corrected chi connectivity index (χ4v) is 9.16. The number of methoxy groups -OCH3 is 1. The maximum Gasteiger partial charge on any atom is 0.339 e. The number of allylic oxidation sites excluding steroid dienone is 2. The zero-order valence-corrected chi connectivity index (χ0v) is 29.2. The molecular weight excluding hydrogens is 721 g/mol. The van der Waals surface area contributed by atoms with Crippen LogP contribution in [0.3, 0.4) is 0 Å². The van der Waals surface area contributed by atoms with E-state index in [1.54, 1.807) is 30.3 Å². The molecule has 0 unspecified atom stereocenters. The molecule has 1 saturated carbocycles. The van der Waals surface area contributed by atoms with Gasteiger partial charge in [0.25, 0.3) is 11.8 Å². The maximum absolute atomic E-state index is 15.3. The second kappa shape index (κ2) is 12.7. The molecule has 4 aliphatic rings. The number of hydrogen-bond acceptors (Lipinski definition) is 9. The molecule has 4 N–H and O–H groups in total. The molecule has 6 atom stereocenters. The Bertz CT molecular complexity index is 2310. The van der Waals surface area contributed by atoms with Gasteiger partial charge in [0, 0.05) is 28.6 Å². The van der Waals surface area contributed by atoms with Crippen LogP contribution in [-0.2, 0) is 24.6 Å². The summed E-state index contributed by atoms with van der Waals surface area (Å²) in [5.74, 6) is -9.55. The van der Waals surface area contributed by atoms with E-state index in [4.69, 9.17) is 16.3 Å². The standard InChI is InChI=1S/C40H31ClFN3O9/c1-54-32-17-24(46)11-13-27(32)34-25-14-15-28-33(37(50)44(35(28)48)23-10-12-26(38(51)52)31(47)16-23)29(25)18-30-36(49)45(43-22-8-6-21(42)7-9-22)39(53)40(30,34)19-2-4-20(41)5-3-19/h2-14,16-17,28-30,33-34,43,46-47H,15,18H2,1H3,(H,51,52)/t28-,29+,30-,33-,34+,40+/m0/s1. The van der Waals surface area contributed by atoms with Crippen LogP contribution in [-0.4, -0.2) is 57.0 Å². The van der Waals surface area contributed by atoms with Gasteiger partial charge in [0.15, 0.2) is 0 Å². The summed E-state index contributed by atoms with van der Waals surface area (Å²) in [5.41, 5.74) is 2.58. The highest BCUT2D eigenvalue weighted by atomic mass is 35.5. The van der Waals surface area contributed by atoms with Crippen LogP contribution >= 0.6 is 11.6 Å². The molecule has 0 aromatic heterocycles. The number of halogens is 2. The number of carboxylic acid groups (broad SMARTS) is 1. The molecular formula is C40H31ClFN3O9. The van der Waals surface area contributed by atoms with Gasteiger partial charge in [0.1, 0.15) is 28.6 Å².